The van der Waals surface area contributed by atoms with E-state index in [1.165, 1.54) is 31.4 Å². The maximum atomic E-state index is 12.5. The number of hydrogen-bond acceptors (Lipinski definition) is 6. The monoisotopic (exact) mass is 424 g/mol. The van der Waals surface area contributed by atoms with Gasteiger partial charge in [0, 0.05) is 18.2 Å². The molecule has 3 rings (SSSR count). The van der Waals surface area contributed by atoms with E-state index in [1.807, 2.05) is 0 Å². The fourth-order valence-corrected chi connectivity index (χ4v) is 4.07. The molecule has 2 amide bonds. The standard InChI is InChI=1S/C18H17ClN2O6S/c1-26-15-5-2-11(8-13(15)19)20-17(22)6-7-28(24,25)12-3-4-14-16(9-12)27-10-18(23)21-14/h2-5,8-9H,6-7,10H2,1H3,(H,20,22)(H,21,23). The van der Waals surface area contributed by atoms with E-state index >= 15 is 0 Å². The molecule has 0 saturated carbocycles. The SMILES string of the molecule is COc1ccc(NC(=O)CCS(=O)(=O)c2ccc3c(c2)OCC(=O)N3)cc1Cl. The van der Waals surface area contributed by atoms with Crippen LogP contribution in [0.2, 0.25) is 5.02 Å². The highest BCUT2D eigenvalue weighted by atomic mass is 35.5. The second kappa shape index (κ2) is 8.07. The zero-order chi connectivity index (χ0) is 20.3. The lowest BCUT2D eigenvalue weighted by molar-refractivity contribution is -0.118. The first kappa shape index (κ1) is 20.0. The molecule has 0 atom stereocenters. The molecule has 8 nitrogen and oxygen atoms in total. The number of nitrogens with one attached hydrogen (secondary N) is 2. The van der Waals surface area contributed by atoms with E-state index in [1.54, 1.807) is 12.1 Å². The molecule has 0 bridgehead atoms. The predicted molar refractivity (Wildman–Crippen MR) is 104 cm³/mol. The summed E-state index contributed by atoms with van der Waals surface area (Å²) in [6.45, 7) is -0.177. The minimum absolute atomic E-state index is 0.0164. The fraction of sp³-hybridized carbons (Fsp3) is 0.222. The first-order chi connectivity index (χ1) is 13.3. The van der Waals surface area contributed by atoms with Gasteiger partial charge >= 0.3 is 0 Å². The topological polar surface area (TPSA) is 111 Å². The third-order valence-corrected chi connectivity index (χ3v) is 5.99. The summed E-state index contributed by atoms with van der Waals surface area (Å²) < 4.78 is 35.3. The Balaban J connectivity index is 1.64. The van der Waals surface area contributed by atoms with E-state index in [4.69, 9.17) is 21.1 Å². The first-order valence-corrected chi connectivity index (χ1v) is 10.2. The maximum Gasteiger partial charge on any atom is 0.262 e. The van der Waals surface area contributed by atoms with E-state index in [0.29, 0.717) is 22.1 Å². The van der Waals surface area contributed by atoms with Gasteiger partial charge in [0.2, 0.25) is 5.91 Å². The molecule has 0 saturated heterocycles. The second-order valence-electron chi connectivity index (χ2n) is 5.96. The van der Waals surface area contributed by atoms with Crippen LogP contribution in [0.4, 0.5) is 11.4 Å². The van der Waals surface area contributed by atoms with Crippen molar-refractivity contribution in [1.29, 1.82) is 0 Å². The molecule has 2 aromatic rings. The van der Waals surface area contributed by atoms with Crippen LogP contribution >= 0.6 is 11.6 Å². The molecular weight excluding hydrogens is 408 g/mol. The second-order valence-corrected chi connectivity index (χ2v) is 8.48. The van der Waals surface area contributed by atoms with Crippen LogP contribution in [0.1, 0.15) is 6.42 Å². The van der Waals surface area contributed by atoms with Crippen LogP contribution in [-0.2, 0) is 19.4 Å². The van der Waals surface area contributed by atoms with Crippen molar-refractivity contribution < 1.29 is 27.5 Å². The Morgan fingerprint density at radius 1 is 1.29 bits per heavy atom. The van der Waals surface area contributed by atoms with Crippen LogP contribution in [-0.4, -0.2) is 39.7 Å². The number of anilines is 2. The summed E-state index contributed by atoms with van der Waals surface area (Å²) in [7, 11) is -2.24. The molecule has 0 aliphatic carbocycles. The average molecular weight is 425 g/mol. The summed E-state index contributed by atoms with van der Waals surface area (Å²) in [6, 6.07) is 8.88. The quantitative estimate of drug-likeness (QED) is 0.737. The van der Waals surface area contributed by atoms with Gasteiger partial charge < -0.3 is 20.1 Å². The number of fused-ring (bicyclic) bond motifs is 1. The third kappa shape index (κ3) is 4.55. The van der Waals surface area contributed by atoms with Crippen molar-refractivity contribution >= 4 is 44.6 Å². The molecule has 0 unspecified atom stereocenters. The first-order valence-electron chi connectivity index (χ1n) is 8.21. The van der Waals surface area contributed by atoms with Crippen molar-refractivity contribution in [3.05, 3.63) is 41.4 Å². The molecule has 0 fully saturated rings. The fourth-order valence-electron chi connectivity index (χ4n) is 2.56. The Morgan fingerprint density at radius 2 is 2.07 bits per heavy atom. The molecule has 10 heteroatoms. The molecule has 1 heterocycles. The van der Waals surface area contributed by atoms with E-state index in [9.17, 15) is 18.0 Å². The zero-order valence-corrected chi connectivity index (χ0v) is 16.4. The van der Waals surface area contributed by atoms with E-state index in [-0.39, 0.29) is 35.3 Å². The summed E-state index contributed by atoms with van der Waals surface area (Å²) in [6.07, 6.45) is -0.235. The van der Waals surface area contributed by atoms with Crippen molar-refractivity contribution in [2.45, 2.75) is 11.3 Å². The number of carbonyl (C=O) groups excluding carboxylic acids is 2. The molecule has 1 aliphatic rings. The molecule has 2 N–H and O–H groups in total. The van der Waals surface area contributed by atoms with Crippen LogP contribution in [0.25, 0.3) is 0 Å². The zero-order valence-electron chi connectivity index (χ0n) is 14.8. The number of sulfone groups is 1. The van der Waals surface area contributed by atoms with Gasteiger partial charge in [0.05, 0.1) is 28.5 Å². The molecule has 0 aromatic heterocycles. The van der Waals surface area contributed by atoms with Crippen LogP contribution in [0.5, 0.6) is 11.5 Å². The highest BCUT2D eigenvalue weighted by Gasteiger charge is 2.22. The van der Waals surface area contributed by atoms with Gasteiger partial charge in [-0.2, -0.15) is 0 Å². The van der Waals surface area contributed by atoms with Crippen molar-refractivity contribution in [2.24, 2.45) is 0 Å². The van der Waals surface area contributed by atoms with Gasteiger partial charge in [-0.1, -0.05) is 11.6 Å². The van der Waals surface area contributed by atoms with Crippen molar-refractivity contribution in [3.8, 4) is 11.5 Å². The number of ether oxygens (including phenoxy) is 2. The average Bonchev–Trinajstić information content (AvgIpc) is 2.66. The number of methoxy groups -OCH3 is 1. The molecule has 28 heavy (non-hydrogen) atoms. The molecule has 0 spiro atoms. The summed E-state index contributed by atoms with van der Waals surface area (Å²) in [5, 5.41) is 5.51. The Hall–Kier alpha value is -2.78. The van der Waals surface area contributed by atoms with Gasteiger partial charge in [0.1, 0.15) is 11.5 Å². The minimum Gasteiger partial charge on any atom is -0.495 e. The van der Waals surface area contributed by atoms with Crippen LogP contribution in [0.3, 0.4) is 0 Å². The van der Waals surface area contributed by atoms with Gasteiger partial charge in [0.15, 0.2) is 16.4 Å². The summed E-state index contributed by atoms with van der Waals surface area (Å²) in [5.74, 6) is -0.413. The highest BCUT2D eigenvalue weighted by molar-refractivity contribution is 7.91. The number of carbonyl (C=O) groups is 2. The van der Waals surface area contributed by atoms with Gasteiger partial charge in [-0.3, -0.25) is 9.59 Å². The van der Waals surface area contributed by atoms with Crippen molar-refractivity contribution in [3.63, 3.8) is 0 Å². The molecular formula is C18H17ClN2O6S. The highest BCUT2D eigenvalue weighted by Crippen LogP contribution is 2.31. The number of rotatable bonds is 6. The summed E-state index contributed by atoms with van der Waals surface area (Å²) in [4.78, 5) is 23.4. The number of amides is 2. The lowest BCUT2D eigenvalue weighted by Gasteiger charge is -2.18. The van der Waals surface area contributed by atoms with Gasteiger partial charge in [0.25, 0.3) is 5.91 Å². The predicted octanol–water partition coefficient (Wildman–Crippen LogP) is 2.48. The largest absolute Gasteiger partial charge is 0.495 e. The molecule has 148 valence electrons. The Morgan fingerprint density at radius 3 is 2.79 bits per heavy atom. The van der Waals surface area contributed by atoms with Gasteiger partial charge in [-0.05, 0) is 30.3 Å². The van der Waals surface area contributed by atoms with E-state index in [0.717, 1.165) is 0 Å². The number of halogens is 1. The molecule has 1 aliphatic heterocycles. The van der Waals surface area contributed by atoms with Crippen molar-refractivity contribution in [1.82, 2.24) is 0 Å². The van der Waals surface area contributed by atoms with Crippen LogP contribution < -0.4 is 20.1 Å². The molecule has 2 aromatic carbocycles. The Labute approximate surface area is 166 Å². The van der Waals surface area contributed by atoms with Crippen molar-refractivity contribution in [2.75, 3.05) is 30.1 Å². The van der Waals surface area contributed by atoms with E-state index < -0.39 is 15.7 Å². The minimum atomic E-state index is -3.71. The summed E-state index contributed by atoms with van der Waals surface area (Å²) in [5.41, 5.74) is 0.843. The van der Waals surface area contributed by atoms with Gasteiger partial charge in [-0.15, -0.1) is 0 Å². The normalized spacial score (nSPS) is 13.1. The maximum absolute atomic E-state index is 12.5. The lowest BCUT2D eigenvalue weighted by Crippen LogP contribution is -2.25. The van der Waals surface area contributed by atoms with E-state index in [2.05, 4.69) is 10.6 Å². The van der Waals surface area contributed by atoms with Crippen LogP contribution in [0.15, 0.2) is 41.3 Å². The number of hydrogen-bond donors (Lipinski definition) is 2. The van der Waals surface area contributed by atoms with Crippen LogP contribution in [0, 0.1) is 0 Å². The summed E-state index contributed by atoms with van der Waals surface area (Å²) >= 11 is 6.00. The lowest BCUT2D eigenvalue weighted by atomic mass is 10.2. The smallest absolute Gasteiger partial charge is 0.262 e. The van der Waals surface area contributed by atoms with Gasteiger partial charge in [-0.25, -0.2) is 8.42 Å². The Bertz CT molecular complexity index is 1040. The third-order valence-electron chi connectivity index (χ3n) is 3.98. The molecule has 0 radical (unpaired) electrons. The Kier molecular flexibility index (Phi) is 5.76. The number of benzene rings is 2.